The van der Waals surface area contributed by atoms with Crippen LogP contribution in [0.2, 0.25) is 0 Å². The molecule has 1 aliphatic heterocycles. The van der Waals surface area contributed by atoms with E-state index >= 15 is 0 Å². The lowest BCUT2D eigenvalue weighted by Gasteiger charge is -2.71. The lowest BCUT2D eigenvalue weighted by Crippen LogP contribution is -2.76. The Labute approximate surface area is 313 Å². The van der Waals surface area contributed by atoms with Crippen molar-refractivity contribution in [1.82, 2.24) is 0 Å². The fourth-order valence-corrected chi connectivity index (χ4v) is 11.3. The maximum Gasteiger partial charge on any atom is 0.303 e. The molecule has 1 unspecified atom stereocenters. The van der Waals surface area contributed by atoms with Gasteiger partial charge in [-0.25, -0.2) is 0 Å². The van der Waals surface area contributed by atoms with Crippen molar-refractivity contribution in [3.05, 3.63) is 53.6 Å². The van der Waals surface area contributed by atoms with Gasteiger partial charge in [-0.1, -0.05) is 51.1 Å². The van der Waals surface area contributed by atoms with E-state index in [9.17, 15) is 24.3 Å². The molecule has 5 rings (SSSR count). The van der Waals surface area contributed by atoms with Crippen molar-refractivity contribution in [2.45, 2.75) is 124 Å². The number of hydrogen-bond acceptors (Lipinski definition) is 11. The van der Waals surface area contributed by atoms with Gasteiger partial charge in [-0.15, -0.1) is 0 Å². The first-order chi connectivity index (χ1) is 24.9. The molecule has 2 fully saturated rings. The zero-order chi connectivity index (χ0) is 39.1. The van der Waals surface area contributed by atoms with Crippen molar-refractivity contribution in [3.63, 3.8) is 0 Å². The second-order valence-electron chi connectivity index (χ2n) is 16.2. The van der Waals surface area contributed by atoms with Gasteiger partial charge >= 0.3 is 23.9 Å². The zero-order valence-corrected chi connectivity index (χ0v) is 32.9. The molecule has 11 heteroatoms. The van der Waals surface area contributed by atoms with Crippen LogP contribution in [0.5, 0.6) is 5.75 Å². The van der Waals surface area contributed by atoms with Crippen LogP contribution < -0.4 is 4.74 Å². The van der Waals surface area contributed by atoms with Crippen LogP contribution in [0.25, 0.3) is 0 Å². The molecule has 12 atom stereocenters. The topological polar surface area (TPSA) is 144 Å². The number of rotatable bonds is 10. The molecule has 1 N–H and O–H groups in total. The number of allylic oxidation sites excluding steroid dienone is 1. The van der Waals surface area contributed by atoms with Gasteiger partial charge in [0.2, 0.25) is 0 Å². The minimum atomic E-state index is -1.38. The molecule has 0 bridgehead atoms. The molecule has 4 aliphatic rings. The third-order valence-electron chi connectivity index (χ3n) is 13.1. The van der Waals surface area contributed by atoms with Gasteiger partial charge < -0.3 is 33.5 Å². The number of carbonyl (C=O) groups is 4. The van der Waals surface area contributed by atoms with E-state index in [1.165, 1.54) is 27.7 Å². The lowest BCUT2D eigenvalue weighted by molar-refractivity contribution is -0.304. The second-order valence-corrected chi connectivity index (χ2v) is 16.2. The smallest absolute Gasteiger partial charge is 0.303 e. The average molecular weight is 739 g/mol. The highest BCUT2D eigenvalue weighted by atomic mass is 16.6. The maximum atomic E-state index is 13.2. The van der Waals surface area contributed by atoms with Crippen LogP contribution in [0.3, 0.4) is 0 Å². The van der Waals surface area contributed by atoms with Crippen LogP contribution in [0.15, 0.2) is 48.1 Å². The molecule has 11 nitrogen and oxygen atoms in total. The number of fused-ring (bicyclic) bond motifs is 5. The summed E-state index contributed by atoms with van der Waals surface area (Å²) in [5.41, 5.74) is -2.71. The van der Waals surface area contributed by atoms with Crippen LogP contribution >= 0.6 is 0 Å². The van der Waals surface area contributed by atoms with E-state index < -0.39 is 87.9 Å². The zero-order valence-electron chi connectivity index (χ0n) is 32.9. The Hall–Kier alpha value is -3.70. The van der Waals surface area contributed by atoms with Gasteiger partial charge in [0, 0.05) is 44.9 Å². The number of aliphatic hydroxyl groups is 1. The number of ether oxygens (including phenoxy) is 6. The van der Waals surface area contributed by atoms with Gasteiger partial charge in [-0.2, -0.15) is 0 Å². The van der Waals surface area contributed by atoms with Crippen LogP contribution in [0.4, 0.5) is 0 Å². The summed E-state index contributed by atoms with van der Waals surface area (Å²) in [5.74, 6) is -3.16. The highest BCUT2D eigenvalue weighted by Crippen LogP contribution is 2.72. The van der Waals surface area contributed by atoms with Crippen LogP contribution in [0, 0.1) is 34.0 Å². The lowest BCUT2D eigenvalue weighted by atomic mass is 9.35. The summed E-state index contributed by atoms with van der Waals surface area (Å²) in [5, 5.41) is 13.2. The normalized spacial score (nSPS) is 37.2. The van der Waals surface area contributed by atoms with Crippen molar-refractivity contribution in [1.29, 1.82) is 0 Å². The quantitative estimate of drug-likeness (QED) is 0.165. The Morgan fingerprint density at radius 2 is 1.62 bits per heavy atom. The molecule has 292 valence electrons. The molecule has 0 saturated heterocycles. The van der Waals surface area contributed by atoms with E-state index in [0.717, 1.165) is 11.3 Å². The Balaban J connectivity index is 1.77. The summed E-state index contributed by atoms with van der Waals surface area (Å²) in [4.78, 5) is 51.9. The van der Waals surface area contributed by atoms with E-state index in [2.05, 4.69) is 19.9 Å². The molecule has 1 aromatic rings. The first-order valence-corrected chi connectivity index (χ1v) is 18.9. The Morgan fingerprint density at radius 1 is 0.962 bits per heavy atom. The molecule has 1 heterocycles. The Bertz CT molecular complexity index is 1630. The monoisotopic (exact) mass is 738 g/mol. The summed E-state index contributed by atoms with van der Waals surface area (Å²) in [6.45, 7) is 17.9. The molecule has 0 amide bonds. The minimum absolute atomic E-state index is 0.0460. The Kier molecular flexibility index (Phi) is 11.6. The molecule has 0 radical (unpaired) electrons. The third kappa shape index (κ3) is 6.92. The fraction of sp³-hybridized carbons (Fsp3) is 0.667. The fourth-order valence-electron chi connectivity index (χ4n) is 11.3. The van der Waals surface area contributed by atoms with Crippen molar-refractivity contribution in [2.24, 2.45) is 34.0 Å². The van der Waals surface area contributed by atoms with Crippen LogP contribution in [0.1, 0.15) is 100.0 Å². The van der Waals surface area contributed by atoms with Crippen molar-refractivity contribution in [2.75, 3.05) is 19.8 Å². The molecule has 1 aromatic carbocycles. The number of para-hydroxylation sites is 1. The Morgan fingerprint density at radius 3 is 2.25 bits per heavy atom. The first-order valence-electron chi connectivity index (χ1n) is 18.9. The third-order valence-corrected chi connectivity index (χ3v) is 13.1. The molecular formula is C42H58O11. The number of benzene rings is 1. The van der Waals surface area contributed by atoms with Gasteiger partial charge in [-0.05, 0) is 80.6 Å². The van der Waals surface area contributed by atoms with E-state index in [-0.39, 0.29) is 19.1 Å². The van der Waals surface area contributed by atoms with E-state index in [0.29, 0.717) is 31.4 Å². The van der Waals surface area contributed by atoms with Gasteiger partial charge in [-0.3, -0.25) is 19.2 Å². The van der Waals surface area contributed by atoms with Crippen LogP contribution in [-0.4, -0.2) is 78.8 Å². The number of hydrogen-bond donors (Lipinski definition) is 1. The van der Waals surface area contributed by atoms with Gasteiger partial charge in [0.15, 0.2) is 6.10 Å². The van der Waals surface area contributed by atoms with Gasteiger partial charge in [0.25, 0.3) is 0 Å². The minimum Gasteiger partial charge on any atom is -0.494 e. The van der Waals surface area contributed by atoms with E-state index in [1.54, 1.807) is 6.92 Å². The van der Waals surface area contributed by atoms with Crippen molar-refractivity contribution in [3.8, 4) is 5.75 Å². The van der Waals surface area contributed by atoms with Crippen LogP contribution in [-0.2, 0) is 42.9 Å². The molecule has 0 aromatic heterocycles. The van der Waals surface area contributed by atoms with E-state index in [4.69, 9.17) is 28.4 Å². The second kappa shape index (κ2) is 15.2. The molecule has 2 saturated carbocycles. The average Bonchev–Trinajstić information content (AvgIpc) is 3.30. The maximum absolute atomic E-state index is 13.2. The number of carbonyl (C=O) groups excluding carboxylic acids is 4. The van der Waals surface area contributed by atoms with Crippen molar-refractivity contribution < 1.29 is 52.7 Å². The molecule has 0 spiro atoms. The molecule has 53 heavy (non-hydrogen) atoms. The standard InChI is InChI=1S/C42H58O11/c1-11-49-32-16-13-12-15-31(32)24(2)22-42(47)25(3)21-35(51-28(6)44)40(10)34(42)18-19-39(9)33-17-14-20-48-23-41(33,26(4)50-27(5)43)38(53-30(8)46)36(37(39)40)52-29(7)45/h12-17,21,24,26,33-38,47H,11,18-20,22-23H2,1-10H3/t24-,26?,33-,34+,35+,36-,37-,38-,39-,40+,41+,42-/m0/s1. The van der Waals surface area contributed by atoms with E-state index in [1.807, 2.05) is 57.2 Å². The first kappa shape index (κ1) is 40.5. The largest absolute Gasteiger partial charge is 0.494 e. The summed E-state index contributed by atoms with van der Waals surface area (Å²) in [7, 11) is 0. The van der Waals surface area contributed by atoms with Crippen molar-refractivity contribution >= 4 is 23.9 Å². The predicted molar refractivity (Wildman–Crippen MR) is 196 cm³/mol. The summed E-state index contributed by atoms with van der Waals surface area (Å²) in [6.07, 6.45) is 3.35. The summed E-state index contributed by atoms with van der Waals surface area (Å²) >= 11 is 0. The predicted octanol–water partition coefficient (Wildman–Crippen LogP) is 6.26. The molecule has 3 aliphatic carbocycles. The van der Waals surface area contributed by atoms with Gasteiger partial charge in [0.05, 0.1) is 30.8 Å². The summed E-state index contributed by atoms with van der Waals surface area (Å²) in [6, 6.07) is 7.84. The van der Waals surface area contributed by atoms with Gasteiger partial charge in [0.1, 0.15) is 24.1 Å². The highest BCUT2D eigenvalue weighted by Gasteiger charge is 2.76. The number of esters is 4. The summed E-state index contributed by atoms with van der Waals surface area (Å²) < 4.78 is 37.0. The SMILES string of the molecule is CCOc1ccccc1[C@@H](C)C[C@]1(O)C(C)=C[C@@H](OC(C)=O)[C@@]2(C)[C@H]1CC[C@@]1(C)[C@@H]3C=CCOC[C@]3(C(C)OC(C)=O)[C@@H](OC(C)=O)[C@@H](OC(C)=O)[C@@H]12. The highest BCUT2D eigenvalue weighted by molar-refractivity contribution is 5.69. The molecular weight excluding hydrogens is 680 g/mol.